The lowest BCUT2D eigenvalue weighted by Gasteiger charge is -2.27. The Morgan fingerprint density at radius 3 is 2.44 bits per heavy atom. The number of rotatable bonds is 5. The fraction of sp³-hybridized carbons (Fsp3) is 0.278. The van der Waals surface area contributed by atoms with Crippen molar-refractivity contribution in [2.45, 2.75) is 26.8 Å². The molecule has 0 heterocycles. The van der Waals surface area contributed by atoms with Crippen molar-refractivity contribution in [2.75, 3.05) is 12.0 Å². The SMILES string of the molecule is COc1ccc(N(C(=O)c2cc([N+](=O)[O-])ccc2C)C(C)C)cc1F. The summed E-state index contributed by atoms with van der Waals surface area (Å²) in [4.78, 5) is 24.8. The van der Waals surface area contributed by atoms with Gasteiger partial charge in [-0.15, -0.1) is 0 Å². The molecule has 6 nitrogen and oxygen atoms in total. The average Bonchev–Trinajstić information content (AvgIpc) is 2.54. The van der Waals surface area contributed by atoms with Crippen LogP contribution in [-0.2, 0) is 0 Å². The molecule has 0 saturated carbocycles. The van der Waals surface area contributed by atoms with E-state index >= 15 is 0 Å². The third-order valence-corrected chi connectivity index (χ3v) is 3.81. The van der Waals surface area contributed by atoms with E-state index in [4.69, 9.17) is 4.74 Å². The van der Waals surface area contributed by atoms with Crippen molar-refractivity contribution >= 4 is 17.3 Å². The van der Waals surface area contributed by atoms with Gasteiger partial charge < -0.3 is 9.64 Å². The monoisotopic (exact) mass is 346 g/mol. The van der Waals surface area contributed by atoms with Crippen molar-refractivity contribution in [1.82, 2.24) is 0 Å². The first-order valence-corrected chi connectivity index (χ1v) is 7.68. The van der Waals surface area contributed by atoms with Crippen LogP contribution >= 0.6 is 0 Å². The molecule has 0 bridgehead atoms. The Balaban J connectivity index is 2.51. The van der Waals surface area contributed by atoms with E-state index in [9.17, 15) is 19.3 Å². The normalized spacial score (nSPS) is 10.6. The molecule has 0 N–H and O–H groups in total. The van der Waals surface area contributed by atoms with Gasteiger partial charge in [-0.1, -0.05) is 6.07 Å². The van der Waals surface area contributed by atoms with Crippen molar-refractivity contribution in [3.63, 3.8) is 0 Å². The fourth-order valence-corrected chi connectivity index (χ4v) is 2.54. The second-order valence-corrected chi connectivity index (χ2v) is 5.84. The third kappa shape index (κ3) is 3.76. The first kappa shape index (κ1) is 18.4. The van der Waals surface area contributed by atoms with E-state index in [0.717, 1.165) is 0 Å². The van der Waals surface area contributed by atoms with Gasteiger partial charge in [-0.25, -0.2) is 4.39 Å². The summed E-state index contributed by atoms with van der Waals surface area (Å²) in [5, 5.41) is 11.0. The maximum atomic E-state index is 14.0. The molecule has 7 heteroatoms. The van der Waals surface area contributed by atoms with E-state index in [1.807, 2.05) is 0 Å². The minimum atomic E-state index is -0.589. The molecule has 0 saturated heterocycles. The lowest BCUT2D eigenvalue weighted by atomic mass is 10.0. The van der Waals surface area contributed by atoms with Gasteiger partial charge in [-0.05, 0) is 38.5 Å². The quantitative estimate of drug-likeness (QED) is 0.603. The summed E-state index contributed by atoms with van der Waals surface area (Å²) in [6, 6.07) is 8.06. The Morgan fingerprint density at radius 1 is 1.24 bits per heavy atom. The number of benzene rings is 2. The highest BCUT2D eigenvalue weighted by atomic mass is 19.1. The van der Waals surface area contributed by atoms with Gasteiger partial charge in [0.25, 0.3) is 11.6 Å². The van der Waals surface area contributed by atoms with E-state index in [0.29, 0.717) is 11.3 Å². The van der Waals surface area contributed by atoms with Crippen LogP contribution in [-0.4, -0.2) is 24.0 Å². The largest absolute Gasteiger partial charge is 0.494 e. The summed E-state index contributed by atoms with van der Waals surface area (Å²) in [5.74, 6) is -0.943. The molecular formula is C18H19FN2O4. The summed E-state index contributed by atoms with van der Waals surface area (Å²) in [6.07, 6.45) is 0. The Morgan fingerprint density at radius 2 is 1.92 bits per heavy atom. The minimum absolute atomic E-state index is 0.0754. The number of anilines is 1. The van der Waals surface area contributed by atoms with Gasteiger partial charge in [0.05, 0.1) is 12.0 Å². The number of nitro benzene ring substituents is 1. The standard InChI is InChI=1S/C18H19FN2O4/c1-11(2)20(13-7-8-17(25-4)16(19)10-13)18(22)15-9-14(21(23)24)6-5-12(15)3/h5-11H,1-4H3. The predicted molar refractivity (Wildman–Crippen MR) is 92.7 cm³/mol. The Kier molecular flexibility index (Phi) is 5.36. The molecule has 0 radical (unpaired) electrons. The van der Waals surface area contributed by atoms with Gasteiger partial charge in [-0.3, -0.25) is 14.9 Å². The van der Waals surface area contributed by atoms with Crippen LogP contribution in [0.2, 0.25) is 0 Å². The highest BCUT2D eigenvalue weighted by Crippen LogP contribution is 2.28. The molecule has 2 aromatic carbocycles. The molecule has 132 valence electrons. The van der Waals surface area contributed by atoms with E-state index in [1.54, 1.807) is 26.8 Å². The van der Waals surface area contributed by atoms with Gasteiger partial charge in [-0.2, -0.15) is 0 Å². The number of nitrogens with zero attached hydrogens (tertiary/aromatic N) is 2. The number of non-ortho nitro benzene ring substituents is 1. The minimum Gasteiger partial charge on any atom is -0.494 e. The zero-order valence-corrected chi connectivity index (χ0v) is 14.4. The summed E-state index contributed by atoms with van der Waals surface area (Å²) >= 11 is 0. The van der Waals surface area contributed by atoms with Crippen LogP contribution in [0.1, 0.15) is 29.8 Å². The number of carbonyl (C=O) groups is 1. The van der Waals surface area contributed by atoms with Crippen molar-refractivity contribution in [1.29, 1.82) is 0 Å². The molecule has 1 amide bonds. The second-order valence-electron chi connectivity index (χ2n) is 5.84. The molecule has 2 rings (SSSR count). The van der Waals surface area contributed by atoms with Crippen LogP contribution in [0.15, 0.2) is 36.4 Å². The molecule has 0 atom stereocenters. The number of ether oxygens (including phenoxy) is 1. The first-order chi connectivity index (χ1) is 11.8. The smallest absolute Gasteiger partial charge is 0.270 e. The molecule has 2 aromatic rings. The van der Waals surface area contributed by atoms with Crippen LogP contribution in [0.3, 0.4) is 0 Å². The van der Waals surface area contributed by atoms with E-state index < -0.39 is 16.6 Å². The van der Waals surface area contributed by atoms with Gasteiger partial charge in [0.2, 0.25) is 0 Å². The highest BCUT2D eigenvalue weighted by Gasteiger charge is 2.24. The van der Waals surface area contributed by atoms with Crippen LogP contribution in [0.25, 0.3) is 0 Å². The van der Waals surface area contributed by atoms with Crippen molar-refractivity contribution in [3.8, 4) is 5.75 Å². The summed E-state index contributed by atoms with van der Waals surface area (Å²) in [5.41, 5.74) is 0.997. The molecular weight excluding hydrogens is 327 g/mol. The topological polar surface area (TPSA) is 72.7 Å². The second kappa shape index (κ2) is 7.29. The molecule has 0 spiro atoms. The Hall–Kier alpha value is -2.96. The van der Waals surface area contributed by atoms with Crippen molar-refractivity contribution in [3.05, 3.63) is 63.5 Å². The number of methoxy groups -OCH3 is 1. The average molecular weight is 346 g/mol. The molecule has 0 fully saturated rings. The number of halogens is 1. The van der Waals surface area contributed by atoms with E-state index in [2.05, 4.69) is 0 Å². The molecule has 0 unspecified atom stereocenters. The molecule has 0 aromatic heterocycles. The molecule has 25 heavy (non-hydrogen) atoms. The molecule has 0 aliphatic rings. The molecule has 0 aliphatic carbocycles. The third-order valence-electron chi connectivity index (χ3n) is 3.81. The molecule has 0 aliphatic heterocycles. The maximum absolute atomic E-state index is 14.0. The van der Waals surface area contributed by atoms with Crippen LogP contribution in [0, 0.1) is 22.9 Å². The number of hydrogen-bond donors (Lipinski definition) is 0. The maximum Gasteiger partial charge on any atom is 0.270 e. The number of amides is 1. The van der Waals surface area contributed by atoms with E-state index in [-0.39, 0.29) is 23.0 Å². The number of aryl methyl sites for hydroxylation is 1. The van der Waals surface area contributed by atoms with E-state index in [1.165, 1.54) is 42.3 Å². The lowest BCUT2D eigenvalue weighted by Crippen LogP contribution is -2.37. The summed E-state index contributed by atoms with van der Waals surface area (Å²) in [7, 11) is 1.36. The van der Waals surface area contributed by atoms with Gasteiger partial charge in [0.15, 0.2) is 11.6 Å². The number of hydrogen-bond acceptors (Lipinski definition) is 4. The summed E-state index contributed by atoms with van der Waals surface area (Å²) in [6.45, 7) is 5.27. The summed E-state index contributed by atoms with van der Waals surface area (Å²) < 4.78 is 18.9. The first-order valence-electron chi connectivity index (χ1n) is 7.68. The van der Waals surface area contributed by atoms with Crippen LogP contribution in [0.4, 0.5) is 15.8 Å². The van der Waals surface area contributed by atoms with Gasteiger partial charge >= 0.3 is 0 Å². The lowest BCUT2D eigenvalue weighted by molar-refractivity contribution is -0.384. The zero-order chi connectivity index (χ0) is 18.7. The fourth-order valence-electron chi connectivity index (χ4n) is 2.54. The predicted octanol–water partition coefficient (Wildman–Crippen LogP) is 4.11. The Labute approximate surface area is 145 Å². The van der Waals surface area contributed by atoms with Crippen LogP contribution in [0.5, 0.6) is 5.75 Å². The van der Waals surface area contributed by atoms with Crippen molar-refractivity contribution in [2.24, 2.45) is 0 Å². The number of carbonyl (C=O) groups excluding carboxylic acids is 1. The van der Waals surface area contributed by atoms with Crippen LogP contribution < -0.4 is 9.64 Å². The zero-order valence-electron chi connectivity index (χ0n) is 14.4. The number of nitro groups is 1. The van der Waals surface area contributed by atoms with Gasteiger partial charge in [0.1, 0.15) is 0 Å². The van der Waals surface area contributed by atoms with Crippen molar-refractivity contribution < 1.29 is 18.8 Å². The Bertz CT molecular complexity index is 821. The van der Waals surface area contributed by atoms with Gasteiger partial charge in [0, 0.05) is 35.5 Å². The highest BCUT2D eigenvalue weighted by molar-refractivity contribution is 6.07.